The summed E-state index contributed by atoms with van der Waals surface area (Å²) in [5.74, 6) is 0.673. The van der Waals surface area contributed by atoms with Gasteiger partial charge in [0.1, 0.15) is 0 Å². The number of rotatable bonds is 8. The van der Waals surface area contributed by atoms with Gasteiger partial charge in [-0.3, -0.25) is 4.90 Å². The summed E-state index contributed by atoms with van der Waals surface area (Å²) < 4.78 is 0. The molecule has 1 fully saturated rings. The van der Waals surface area contributed by atoms with E-state index in [2.05, 4.69) is 48.5 Å². The quantitative estimate of drug-likeness (QED) is 0.769. The van der Waals surface area contributed by atoms with Crippen molar-refractivity contribution in [1.82, 2.24) is 10.2 Å². The Kier molecular flexibility index (Phi) is 6.53. The molecule has 1 aromatic heterocycles. The summed E-state index contributed by atoms with van der Waals surface area (Å²) in [5.41, 5.74) is 0. The van der Waals surface area contributed by atoms with E-state index >= 15 is 0 Å². The molecular formula is C17H30N2S. The van der Waals surface area contributed by atoms with E-state index in [1.54, 1.807) is 0 Å². The maximum Gasteiger partial charge on any atom is 0.0465 e. The average molecular weight is 295 g/mol. The third-order valence-corrected chi connectivity index (χ3v) is 5.22. The minimum atomic E-state index is 0.587. The largest absolute Gasteiger partial charge is 0.313 e. The molecule has 1 N–H and O–H groups in total. The van der Waals surface area contributed by atoms with Gasteiger partial charge in [0.25, 0.3) is 0 Å². The molecule has 0 aromatic carbocycles. The summed E-state index contributed by atoms with van der Waals surface area (Å²) in [7, 11) is 0. The second-order valence-electron chi connectivity index (χ2n) is 6.35. The van der Waals surface area contributed by atoms with Crippen LogP contribution < -0.4 is 5.32 Å². The smallest absolute Gasteiger partial charge is 0.0465 e. The fourth-order valence-corrected chi connectivity index (χ4v) is 4.32. The lowest BCUT2D eigenvalue weighted by Gasteiger charge is -2.35. The van der Waals surface area contributed by atoms with Crippen LogP contribution in [0.15, 0.2) is 17.5 Å². The van der Waals surface area contributed by atoms with Gasteiger partial charge in [-0.1, -0.05) is 33.3 Å². The number of nitrogens with zero attached hydrogens (tertiary/aromatic N) is 1. The predicted molar refractivity (Wildman–Crippen MR) is 89.4 cm³/mol. The molecule has 0 saturated carbocycles. The van der Waals surface area contributed by atoms with Crippen molar-refractivity contribution in [2.45, 2.75) is 58.5 Å². The molecule has 20 heavy (non-hydrogen) atoms. The van der Waals surface area contributed by atoms with Gasteiger partial charge in [-0.05, 0) is 49.7 Å². The minimum absolute atomic E-state index is 0.587. The summed E-state index contributed by atoms with van der Waals surface area (Å²) in [6.45, 7) is 10.7. The standard InChI is InChI=1S/C17H30N2S/c1-4-5-11-19(13-15-8-6-10-18-15)17(14(2)3)16-9-7-12-20-16/h7,9,12,14-15,17-18H,4-6,8,10-11,13H2,1-3H3. The monoisotopic (exact) mass is 294 g/mol. The van der Waals surface area contributed by atoms with E-state index in [0.29, 0.717) is 18.0 Å². The van der Waals surface area contributed by atoms with Crippen molar-refractivity contribution in [2.24, 2.45) is 5.92 Å². The molecular weight excluding hydrogens is 264 g/mol. The zero-order valence-electron chi connectivity index (χ0n) is 13.3. The van der Waals surface area contributed by atoms with Gasteiger partial charge in [0.05, 0.1) is 0 Å². The molecule has 2 nitrogen and oxygen atoms in total. The van der Waals surface area contributed by atoms with Crippen molar-refractivity contribution in [3.8, 4) is 0 Å². The lowest BCUT2D eigenvalue weighted by molar-refractivity contribution is 0.143. The maximum atomic E-state index is 3.66. The second kappa shape index (κ2) is 8.16. The fourth-order valence-electron chi connectivity index (χ4n) is 3.29. The average Bonchev–Trinajstić information content (AvgIpc) is 3.08. The fraction of sp³-hybridized carbons (Fsp3) is 0.765. The van der Waals surface area contributed by atoms with Crippen LogP contribution in [0.25, 0.3) is 0 Å². The van der Waals surface area contributed by atoms with E-state index in [4.69, 9.17) is 0 Å². The van der Waals surface area contributed by atoms with E-state index in [1.807, 2.05) is 11.3 Å². The van der Waals surface area contributed by atoms with Crippen molar-refractivity contribution in [2.75, 3.05) is 19.6 Å². The summed E-state index contributed by atoms with van der Waals surface area (Å²) in [4.78, 5) is 4.28. The molecule has 0 amide bonds. The van der Waals surface area contributed by atoms with Crippen LogP contribution in [0.3, 0.4) is 0 Å². The highest BCUT2D eigenvalue weighted by molar-refractivity contribution is 7.10. The van der Waals surface area contributed by atoms with Crippen LogP contribution in [-0.4, -0.2) is 30.6 Å². The van der Waals surface area contributed by atoms with Crippen molar-refractivity contribution >= 4 is 11.3 Å². The van der Waals surface area contributed by atoms with Gasteiger partial charge in [0.2, 0.25) is 0 Å². The Morgan fingerprint density at radius 3 is 2.85 bits per heavy atom. The highest BCUT2D eigenvalue weighted by atomic mass is 32.1. The summed E-state index contributed by atoms with van der Waals surface area (Å²) in [5, 5.41) is 5.88. The van der Waals surface area contributed by atoms with Gasteiger partial charge in [-0.2, -0.15) is 0 Å². The molecule has 2 heterocycles. The molecule has 114 valence electrons. The minimum Gasteiger partial charge on any atom is -0.313 e. The van der Waals surface area contributed by atoms with Crippen LogP contribution in [-0.2, 0) is 0 Å². The first-order chi connectivity index (χ1) is 9.72. The van der Waals surface area contributed by atoms with Crippen molar-refractivity contribution < 1.29 is 0 Å². The van der Waals surface area contributed by atoms with Crippen LogP contribution >= 0.6 is 11.3 Å². The lowest BCUT2D eigenvalue weighted by Crippen LogP contribution is -2.41. The van der Waals surface area contributed by atoms with Gasteiger partial charge in [-0.25, -0.2) is 0 Å². The van der Waals surface area contributed by atoms with Crippen LogP contribution in [0.5, 0.6) is 0 Å². The number of hydrogen-bond acceptors (Lipinski definition) is 3. The molecule has 2 rings (SSSR count). The number of nitrogens with one attached hydrogen (secondary N) is 1. The van der Waals surface area contributed by atoms with Crippen molar-refractivity contribution in [3.63, 3.8) is 0 Å². The second-order valence-corrected chi connectivity index (χ2v) is 7.33. The van der Waals surface area contributed by atoms with Gasteiger partial charge in [0.15, 0.2) is 0 Å². The SMILES string of the molecule is CCCCN(CC1CCCN1)C(c1cccs1)C(C)C. The molecule has 0 spiro atoms. The van der Waals surface area contributed by atoms with E-state index in [9.17, 15) is 0 Å². The topological polar surface area (TPSA) is 15.3 Å². The highest BCUT2D eigenvalue weighted by Crippen LogP contribution is 2.32. The van der Waals surface area contributed by atoms with Gasteiger partial charge in [0, 0.05) is 23.5 Å². The Balaban J connectivity index is 2.08. The van der Waals surface area contributed by atoms with Gasteiger partial charge in [-0.15, -0.1) is 11.3 Å². The first-order valence-electron chi connectivity index (χ1n) is 8.23. The molecule has 1 aromatic rings. The Labute approximate surface area is 128 Å². The molecule has 3 heteroatoms. The molecule has 1 aliphatic rings. The number of unbranched alkanes of at least 4 members (excludes halogenated alkanes) is 1. The zero-order valence-corrected chi connectivity index (χ0v) is 14.1. The third kappa shape index (κ3) is 4.31. The zero-order chi connectivity index (χ0) is 14.4. The molecule has 0 radical (unpaired) electrons. The third-order valence-electron chi connectivity index (χ3n) is 4.28. The molecule has 0 aliphatic carbocycles. The molecule has 0 bridgehead atoms. The Morgan fingerprint density at radius 1 is 1.45 bits per heavy atom. The summed E-state index contributed by atoms with van der Waals surface area (Å²) >= 11 is 1.92. The normalized spacial score (nSPS) is 20.9. The van der Waals surface area contributed by atoms with Gasteiger partial charge >= 0.3 is 0 Å². The Hall–Kier alpha value is -0.380. The van der Waals surface area contributed by atoms with Crippen LogP contribution in [0, 0.1) is 5.92 Å². The first kappa shape index (κ1) is 16.0. The van der Waals surface area contributed by atoms with Crippen LogP contribution in [0.1, 0.15) is 57.4 Å². The first-order valence-corrected chi connectivity index (χ1v) is 9.11. The van der Waals surface area contributed by atoms with E-state index < -0.39 is 0 Å². The van der Waals surface area contributed by atoms with Crippen LogP contribution in [0.2, 0.25) is 0 Å². The Bertz CT molecular complexity index is 355. The number of thiophene rings is 1. The molecule has 2 atom stereocenters. The highest BCUT2D eigenvalue weighted by Gasteiger charge is 2.27. The molecule has 1 saturated heterocycles. The van der Waals surface area contributed by atoms with E-state index in [-0.39, 0.29) is 0 Å². The predicted octanol–water partition coefficient (Wildman–Crippen LogP) is 4.30. The number of hydrogen-bond donors (Lipinski definition) is 1. The van der Waals surface area contributed by atoms with E-state index in [1.165, 1.54) is 50.2 Å². The molecule has 2 unspecified atom stereocenters. The molecule has 1 aliphatic heterocycles. The van der Waals surface area contributed by atoms with Gasteiger partial charge < -0.3 is 5.32 Å². The maximum absolute atomic E-state index is 3.66. The Morgan fingerprint density at radius 2 is 2.30 bits per heavy atom. The van der Waals surface area contributed by atoms with Crippen molar-refractivity contribution in [1.29, 1.82) is 0 Å². The summed E-state index contributed by atoms with van der Waals surface area (Å²) in [6, 6.07) is 5.80. The van der Waals surface area contributed by atoms with E-state index in [0.717, 1.165) is 0 Å². The lowest BCUT2D eigenvalue weighted by atomic mass is 9.99. The van der Waals surface area contributed by atoms with Crippen LogP contribution in [0.4, 0.5) is 0 Å². The summed E-state index contributed by atoms with van der Waals surface area (Å²) in [6.07, 6.45) is 5.28. The van der Waals surface area contributed by atoms with Crippen molar-refractivity contribution in [3.05, 3.63) is 22.4 Å².